The zero-order valence-electron chi connectivity index (χ0n) is 14.9. The molecule has 0 aliphatic heterocycles. The van der Waals surface area contributed by atoms with Crippen LogP contribution >= 0.6 is 0 Å². The third-order valence-corrected chi connectivity index (χ3v) is 5.08. The van der Waals surface area contributed by atoms with Crippen molar-refractivity contribution in [1.29, 1.82) is 0 Å². The lowest BCUT2D eigenvalue weighted by Gasteiger charge is -2.28. The predicted octanol–water partition coefficient (Wildman–Crippen LogP) is 5.65. The Kier molecular flexibility index (Phi) is 7.64. The smallest absolute Gasteiger partial charge is 0.306 e. The molecule has 1 fully saturated rings. The molecule has 1 aromatic carbocycles. The highest BCUT2D eigenvalue weighted by atomic mass is 16.5. The Morgan fingerprint density at radius 2 is 1.74 bits per heavy atom. The first kappa shape index (κ1) is 18.0. The van der Waals surface area contributed by atoms with Crippen LogP contribution in [0.15, 0.2) is 24.3 Å². The van der Waals surface area contributed by atoms with Crippen LogP contribution in [-0.2, 0) is 16.0 Å². The summed E-state index contributed by atoms with van der Waals surface area (Å²) in [7, 11) is 0. The first-order valence-electron chi connectivity index (χ1n) is 9.47. The van der Waals surface area contributed by atoms with Gasteiger partial charge in [0, 0.05) is 6.42 Å². The van der Waals surface area contributed by atoms with Crippen LogP contribution in [0.2, 0.25) is 0 Å². The number of rotatable bonds is 8. The van der Waals surface area contributed by atoms with Gasteiger partial charge in [0.1, 0.15) is 0 Å². The minimum atomic E-state index is -0.0785. The molecule has 0 bridgehead atoms. The fourth-order valence-electron chi connectivity index (χ4n) is 3.68. The van der Waals surface area contributed by atoms with Gasteiger partial charge in [-0.05, 0) is 61.5 Å². The van der Waals surface area contributed by atoms with Crippen LogP contribution in [0.25, 0.3) is 0 Å². The van der Waals surface area contributed by atoms with Crippen molar-refractivity contribution in [2.24, 2.45) is 5.92 Å². The molecule has 128 valence electrons. The maximum absolute atomic E-state index is 11.6. The third kappa shape index (κ3) is 6.01. The Morgan fingerprint density at radius 3 is 2.35 bits per heavy atom. The largest absolute Gasteiger partial charge is 0.466 e. The second kappa shape index (κ2) is 9.75. The van der Waals surface area contributed by atoms with Crippen molar-refractivity contribution in [3.8, 4) is 0 Å². The monoisotopic (exact) mass is 316 g/mol. The van der Waals surface area contributed by atoms with Gasteiger partial charge in [-0.15, -0.1) is 0 Å². The van der Waals surface area contributed by atoms with Crippen LogP contribution in [0, 0.1) is 5.92 Å². The number of hydrogen-bond donors (Lipinski definition) is 0. The lowest BCUT2D eigenvalue weighted by Crippen LogP contribution is -2.13. The number of benzene rings is 1. The number of carbonyl (C=O) groups is 1. The second-order valence-corrected chi connectivity index (χ2v) is 6.97. The van der Waals surface area contributed by atoms with Crippen LogP contribution in [0.5, 0.6) is 0 Å². The molecule has 2 nitrogen and oxygen atoms in total. The molecule has 2 heteroatoms. The van der Waals surface area contributed by atoms with Gasteiger partial charge in [0.25, 0.3) is 0 Å². The fraction of sp³-hybridized carbons (Fsp3) is 0.667. The second-order valence-electron chi connectivity index (χ2n) is 6.97. The van der Waals surface area contributed by atoms with Gasteiger partial charge in [0.15, 0.2) is 0 Å². The Balaban J connectivity index is 1.77. The van der Waals surface area contributed by atoms with E-state index in [0.717, 1.165) is 24.7 Å². The van der Waals surface area contributed by atoms with E-state index in [1.165, 1.54) is 49.7 Å². The standard InChI is InChI=1S/C21H32O2/c1-3-5-17-6-11-19(12-7-17)20-13-8-18(9-14-20)10-15-21(22)23-16-4-2/h8-9,13-14,17,19H,3-7,10-12,15-16H2,1-2H3/t17-,19-. The highest BCUT2D eigenvalue weighted by molar-refractivity contribution is 5.69. The first-order chi connectivity index (χ1) is 11.2. The summed E-state index contributed by atoms with van der Waals surface area (Å²) in [6.07, 6.45) is 10.4. The van der Waals surface area contributed by atoms with E-state index in [1.54, 1.807) is 0 Å². The molecule has 0 heterocycles. The minimum Gasteiger partial charge on any atom is -0.466 e. The van der Waals surface area contributed by atoms with Crippen LogP contribution in [0.3, 0.4) is 0 Å². The van der Waals surface area contributed by atoms with Crippen LogP contribution < -0.4 is 0 Å². The Bertz CT molecular complexity index is 455. The lowest BCUT2D eigenvalue weighted by molar-refractivity contribution is -0.143. The predicted molar refractivity (Wildman–Crippen MR) is 95.6 cm³/mol. The molecule has 1 aromatic rings. The molecular formula is C21H32O2. The fourth-order valence-corrected chi connectivity index (χ4v) is 3.68. The minimum absolute atomic E-state index is 0.0785. The molecule has 0 amide bonds. The average Bonchev–Trinajstić information content (AvgIpc) is 2.59. The van der Waals surface area contributed by atoms with Crippen molar-refractivity contribution >= 4 is 5.97 Å². The van der Waals surface area contributed by atoms with E-state index in [0.29, 0.717) is 13.0 Å². The molecule has 0 aromatic heterocycles. The van der Waals surface area contributed by atoms with Crippen molar-refractivity contribution in [1.82, 2.24) is 0 Å². The number of ether oxygens (including phenoxy) is 1. The summed E-state index contributed by atoms with van der Waals surface area (Å²) >= 11 is 0. The van der Waals surface area contributed by atoms with Gasteiger partial charge in [0.2, 0.25) is 0 Å². The summed E-state index contributed by atoms with van der Waals surface area (Å²) in [5.74, 6) is 1.63. The summed E-state index contributed by atoms with van der Waals surface area (Å²) in [5.41, 5.74) is 2.72. The van der Waals surface area contributed by atoms with Crippen LogP contribution in [0.1, 0.15) is 82.3 Å². The summed E-state index contributed by atoms with van der Waals surface area (Å²) < 4.78 is 5.12. The molecule has 0 saturated heterocycles. The van der Waals surface area contributed by atoms with Crippen molar-refractivity contribution in [3.05, 3.63) is 35.4 Å². The molecule has 0 unspecified atom stereocenters. The van der Waals surface area contributed by atoms with Gasteiger partial charge in [-0.3, -0.25) is 4.79 Å². The van der Waals surface area contributed by atoms with E-state index in [-0.39, 0.29) is 5.97 Å². The lowest BCUT2D eigenvalue weighted by atomic mass is 9.77. The van der Waals surface area contributed by atoms with Gasteiger partial charge in [0.05, 0.1) is 6.61 Å². The molecule has 1 saturated carbocycles. The molecule has 0 radical (unpaired) electrons. The van der Waals surface area contributed by atoms with Crippen LogP contribution in [-0.4, -0.2) is 12.6 Å². The highest BCUT2D eigenvalue weighted by Crippen LogP contribution is 2.37. The Labute approximate surface area is 141 Å². The normalized spacial score (nSPS) is 21.1. The molecule has 2 rings (SSSR count). The molecule has 0 spiro atoms. The van der Waals surface area contributed by atoms with Crippen molar-refractivity contribution < 1.29 is 9.53 Å². The highest BCUT2D eigenvalue weighted by Gasteiger charge is 2.21. The van der Waals surface area contributed by atoms with E-state index in [1.807, 2.05) is 6.92 Å². The summed E-state index contributed by atoms with van der Waals surface area (Å²) in [5, 5.41) is 0. The van der Waals surface area contributed by atoms with Gasteiger partial charge < -0.3 is 4.74 Å². The summed E-state index contributed by atoms with van der Waals surface area (Å²) in [4.78, 5) is 11.6. The van der Waals surface area contributed by atoms with Gasteiger partial charge in [-0.2, -0.15) is 0 Å². The van der Waals surface area contributed by atoms with Crippen molar-refractivity contribution in [2.45, 2.75) is 77.6 Å². The first-order valence-corrected chi connectivity index (χ1v) is 9.47. The Morgan fingerprint density at radius 1 is 1.04 bits per heavy atom. The zero-order valence-corrected chi connectivity index (χ0v) is 14.9. The number of aryl methyl sites for hydroxylation is 1. The maximum Gasteiger partial charge on any atom is 0.306 e. The molecule has 23 heavy (non-hydrogen) atoms. The summed E-state index contributed by atoms with van der Waals surface area (Å²) in [6.45, 7) is 4.85. The van der Waals surface area contributed by atoms with Gasteiger partial charge in [-0.25, -0.2) is 0 Å². The van der Waals surface area contributed by atoms with E-state index >= 15 is 0 Å². The molecule has 1 aliphatic carbocycles. The van der Waals surface area contributed by atoms with E-state index < -0.39 is 0 Å². The summed E-state index contributed by atoms with van der Waals surface area (Å²) in [6, 6.07) is 8.94. The quantitative estimate of drug-likeness (QED) is 0.580. The molecular weight excluding hydrogens is 284 g/mol. The van der Waals surface area contributed by atoms with Crippen molar-refractivity contribution in [2.75, 3.05) is 6.61 Å². The number of esters is 1. The zero-order chi connectivity index (χ0) is 16.5. The van der Waals surface area contributed by atoms with Crippen LogP contribution in [0.4, 0.5) is 0 Å². The topological polar surface area (TPSA) is 26.3 Å². The van der Waals surface area contributed by atoms with Crippen molar-refractivity contribution in [3.63, 3.8) is 0 Å². The van der Waals surface area contributed by atoms with Gasteiger partial charge in [-0.1, -0.05) is 51.0 Å². The van der Waals surface area contributed by atoms with Gasteiger partial charge >= 0.3 is 5.97 Å². The van der Waals surface area contributed by atoms with E-state index in [2.05, 4.69) is 31.2 Å². The molecule has 0 N–H and O–H groups in total. The Hall–Kier alpha value is -1.31. The third-order valence-electron chi connectivity index (χ3n) is 5.08. The number of carbonyl (C=O) groups excluding carboxylic acids is 1. The molecule has 0 atom stereocenters. The van der Waals surface area contributed by atoms with E-state index in [4.69, 9.17) is 4.74 Å². The van der Waals surface area contributed by atoms with E-state index in [9.17, 15) is 4.79 Å². The average molecular weight is 316 g/mol. The number of hydrogen-bond acceptors (Lipinski definition) is 2. The SMILES string of the molecule is CCCOC(=O)CCc1ccc([C@H]2CC[C@H](CCC)CC2)cc1. The molecule has 1 aliphatic rings. The maximum atomic E-state index is 11.6.